The average Bonchev–Trinajstić information content (AvgIpc) is 2.54. The van der Waals surface area contributed by atoms with Crippen molar-refractivity contribution >= 4 is 0 Å². The van der Waals surface area contributed by atoms with Gasteiger partial charge in [0, 0.05) is 12.8 Å². The molecule has 98 valence electrons. The van der Waals surface area contributed by atoms with Crippen LogP contribution in [0.2, 0.25) is 0 Å². The van der Waals surface area contributed by atoms with Gasteiger partial charge in [-0.1, -0.05) is 11.8 Å². The molecule has 0 amide bonds. The largest absolute Gasteiger partial charge is 0.308 e. The molecule has 0 aromatic rings. The number of hydroxylamine groups is 4. The van der Waals surface area contributed by atoms with E-state index in [-0.39, 0.29) is 25.9 Å². The zero-order chi connectivity index (χ0) is 14.5. The summed E-state index contributed by atoms with van der Waals surface area (Å²) in [7, 11) is 0. The molecule has 0 bridgehead atoms. The lowest BCUT2D eigenvalue weighted by atomic mass is 9.87. The van der Waals surface area contributed by atoms with E-state index in [9.17, 15) is 0 Å². The summed E-state index contributed by atoms with van der Waals surface area (Å²) in [5.74, 6) is 9.81. The van der Waals surface area contributed by atoms with Crippen LogP contribution < -0.4 is 11.5 Å². The number of rotatable bonds is 4. The van der Waals surface area contributed by atoms with Gasteiger partial charge >= 0.3 is 0 Å². The van der Waals surface area contributed by atoms with Gasteiger partial charge in [-0.3, -0.25) is 0 Å². The van der Waals surface area contributed by atoms with E-state index in [2.05, 4.69) is 23.7 Å². The first kappa shape index (κ1) is 15.1. The van der Waals surface area contributed by atoms with Gasteiger partial charge in [-0.2, -0.15) is 0 Å². The van der Waals surface area contributed by atoms with E-state index in [4.69, 9.17) is 42.1 Å². The minimum absolute atomic E-state index is 0.114. The molecule has 0 aromatic carbocycles. The fourth-order valence-electron chi connectivity index (χ4n) is 2.00. The van der Waals surface area contributed by atoms with Gasteiger partial charge in [-0.05, 0) is 0 Å². The topological polar surface area (TPSA) is 67.8 Å². The minimum atomic E-state index is -1.21. The van der Waals surface area contributed by atoms with E-state index in [1.807, 2.05) is 0 Å². The monoisotopic (exact) mass is 256 g/mol. The van der Waals surface area contributed by atoms with Crippen molar-refractivity contribution in [1.82, 2.24) is 10.1 Å². The second-order valence-electron chi connectivity index (χ2n) is 4.17. The predicted octanol–water partition coefficient (Wildman–Crippen LogP) is -0.926. The molecular weight excluding hydrogens is 240 g/mol. The van der Waals surface area contributed by atoms with Crippen molar-refractivity contribution in [2.75, 3.05) is 13.1 Å². The van der Waals surface area contributed by atoms with Gasteiger partial charge in [-0.15, -0.1) is 47.7 Å². The van der Waals surface area contributed by atoms with Crippen molar-refractivity contribution in [2.24, 2.45) is 11.5 Å². The molecule has 4 N–H and O–H groups in total. The van der Waals surface area contributed by atoms with Gasteiger partial charge in [-0.25, -0.2) is 4.94 Å². The molecule has 1 saturated heterocycles. The molecule has 1 heterocycles. The van der Waals surface area contributed by atoms with E-state index in [0.717, 1.165) is 0 Å². The number of hydrogen-bond acceptors (Lipinski definition) is 5. The zero-order valence-electron chi connectivity index (χ0n) is 10.6. The van der Waals surface area contributed by atoms with Crippen LogP contribution in [0.5, 0.6) is 0 Å². The second kappa shape index (κ2) is 5.79. The molecular formula is C14H16N4O. The molecule has 0 aromatic heterocycles. The van der Waals surface area contributed by atoms with Crippen LogP contribution >= 0.6 is 0 Å². The summed E-state index contributed by atoms with van der Waals surface area (Å²) in [6, 6.07) is 0. The van der Waals surface area contributed by atoms with E-state index in [1.165, 1.54) is 10.1 Å². The van der Waals surface area contributed by atoms with Gasteiger partial charge in [0.1, 0.15) is 11.3 Å². The molecule has 1 aliphatic rings. The average molecular weight is 256 g/mol. The van der Waals surface area contributed by atoms with Crippen molar-refractivity contribution in [2.45, 2.75) is 24.2 Å². The highest BCUT2D eigenvalue weighted by molar-refractivity contribution is 5.17. The molecule has 1 rings (SSSR count). The number of nitrogens with zero attached hydrogens (tertiary/aromatic N) is 2. The van der Waals surface area contributed by atoms with Crippen molar-refractivity contribution in [1.29, 1.82) is 0 Å². The Morgan fingerprint density at radius 1 is 0.789 bits per heavy atom. The maximum Gasteiger partial charge on any atom is 0.142 e. The van der Waals surface area contributed by atoms with Crippen LogP contribution in [0, 0.1) is 49.4 Å². The van der Waals surface area contributed by atoms with Crippen LogP contribution in [0.1, 0.15) is 12.8 Å². The molecule has 0 saturated carbocycles. The highest BCUT2D eigenvalue weighted by Gasteiger charge is 2.60. The maximum absolute atomic E-state index is 6.32. The first-order chi connectivity index (χ1) is 9.00. The smallest absolute Gasteiger partial charge is 0.142 e. The van der Waals surface area contributed by atoms with Crippen LogP contribution in [-0.4, -0.2) is 34.5 Å². The van der Waals surface area contributed by atoms with Crippen LogP contribution in [0.15, 0.2) is 0 Å². The fraction of sp³-hybridized carbons (Fsp3) is 0.429. The molecule has 2 unspecified atom stereocenters. The SMILES string of the molecule is C#CCN1ON(CC#C)C(N)(CC#C)C1(N)CC#C. The first-order valence-electron chi connectivity index (χ1n) is 5.55. The third-order valence-corrected chi connectivity index (χ3v) is 3.05. The third-order valence-electron chi connectivity index (χ3n) is 3.05. The second-order valence-corrected chi connectivity index (χ2v) is 4.17. The third kappa shape index (κ3) is 2.30. The molecule has 19 heavy (non-hydrogen) atoms. The zero-order valence-corrected chi connectivity index (χ0v) is 10.6. The number of hydrogen-bond donors (Lipinski definition) is 2. The van der Waals surface area contributed by atoms with Crippen LogP contribution in [0.25, 0.3) is 0 Å². The Kier molecular flexibility index (Phi) is 4.60. The van der Waals surface area contributed by atoms with Gasteiger partial charge < -0.3 is 11.5 Å². The lowest BCUT2D eigenvalue weighted by molar-refractivity contribution is -0.286. The van der Waals surface area contributed by atoms with E-state index in [1.54, 1.807) is 0 Å². The lowest BCUT2D eigenvalue weighted by Crippen LogP contribution is -2.72. The molecule has 2 atom stereocenters. The fourth-order valence-corrected chi connectivity index (χ4v) is 2.00. The lowest BCUT2D eigenvalue weighted by Gasteiger charge is -2.40. The van der Waals surface area contributed by atoms with Gasteiger partial charge in [0.2, 0.25) is 0 Å². The minimum Gasteiger partial charge on any atom is -0.308 e. The van der Waals surface area contributed by atoms with E-state index in [0.29, 0.717) is 0 Å². The van der Waals surface area contributed by atoms with Gasteiger partial charge in [0.25, 0.3) is 0 Å². The Bertz CT molecular complexity index is 457. The van der Waals surface area contributed by atoms with Crippen molar-refractivity contribution in [3.05, 3.63) is 0 Å². The summed E-state index contributed by atoms with van der Waals surface area (Å²) in [5, 5.41) is 2.70. The van der Waals surface area contributed by atoms with E-state index >= 15 is 0 Å². The highest BCUT2D eigenvalue weighted by Crippen LogP contribution is 2.38. The molecule has 1 aliphatic heterocycles. The summed E-state index contributed by atoms with van der Waals surface area (Å²) < 4.78 is 0. The molecule has 0 spiro atoms. The molecule has 0 radical (unpaired) electrons. The van der Waals surface area contributed by atoms with Crippen LogP contribution in [0.4, 0.5) is 0 Å². The summed E-state index contributed by atoms with van der Waals surface area (Å²) in [6.45, 7) is 0.228. The maximum atomic E-state index is 6.32. The summed E-state index contributed by atoms with van der Waals surface area (Å²) in [6.07, 6.45) is 21.5. The van der Waals surface area contributed by atoms with Crippen LogP contribution in [-0.2, 0) is 4.94 Å². The Hall–Kier alpha value is -1.96. The quantitative estimate of drug-likeness (QED) is 0.636. The molecule has 0 aliphatic carbocycles. The Balaban J connectivity index is 3.25. The van der Waals surface area contributed by atoms with Crippen molar-refractivity contribution in [3.63, 3.8) is 0 Å². The summed E-state index contributed by atoms with van der Waals surface area (Å²) >= 11 is 0. The van der Waals surface area contributed by atoms with Crippen LogP contribution in [0.3, 0.4) is 0 Å². The molecule has 1 fully saturated rings. The standard InChI is InChI=1S/C14H16N4O/c1-5-9-13(15)14(16,10-6-2)18(12-8-4)19-17(13)11-7-3/h1-4H,9-12,15-16H2. The molecule has 5 nitrogen and oxygen atoms in total. The first-order valence-corrected chi connectivity index (χ1v) is 5.55. The predicted molar refractivity (Wildman–Crippen MR) is 72.9 cm³/mol. The highest BCUT2D eigenvalue weighted by atomic mass is 16.9. The van der Waals surface area contributed by atoms with Gasteiger partial charge in [0.15, 0.2) is 0 Å². The molecule has 5 heteroatoms. The van der Waals surface area contributed by atoms with Crippen molar-refractivity contribution < 1.29 is 4.94 Å². The van der Waals surface area contributed by atoms with Crippen molar-refractivity contribution in [3.8, 4) is 49.4 Å². The number of nitrogens with two attached hydrogens (primary N) is 2. The summed E-state index contributed by atoms with van der Waals surface area (Å²) in [5.41, 5.74) is 10.2. The Morgan fingerprint density at radius 2 is 1.16 bits per heavy atom. The van der Waals surface area contributed by atoms with Gasteiger partial charge in [0.05, 0.1) is 13.1 Å². The Labute approximate surface area is 114 Å². The number of terminal acetylenes is 4. The van der Waals surface area contributed by atoms with E-state index < -0.39 is 11.3 Å². The normalized spacial score (nSPS) is 31.1. The Morgan fingerprint density at radius 3 is 1.42 bits per heavy atom. The summed E-state index contributed by atoms with van der Waals surface area (Å²) in [4.78, 5) is 5.52.